The smallest absolute Gasteiger partial charge is 0.340 e. The van der Waals surface area contributed by atoms with Crippen molar-refractivity contribution in [3.05, 3.63) is 89.7 Å². The maximum atomic E-state index is 12.9. The summed E-state index contributed by atoms with van der Waals surface area (Å²) in [6.45, 7) is 0. The van der Waals surface area contributed by atoms with Gasteiger partial charge in [0.2, 0.25) is 5.78 Å². The molecule has 0 unspecified atom stereocenters. The first-order valence-corrected chi connectivity index (χ1v) is 7.91. The Kier molecular flexibility index (Phi) is 3.58. The number of rotatable bonds is 3. The Bertz CT molecular complexity index is 1110. The Labute approximate surface area is 144 Å². The van der Waals surface area contributed by atoms with Crippen molar-refractivity contribution in [3.8, 4) is 0 Å². The summed E-state index contributed by atoms with van der Waals surface area (Å²) in [5.74, 6) is -0.595. The largest absolute Gasteiger partial charge is 0.465 e. The Morgan fingerprint density at radius 2 is 1.64 bits per heavy atom. The number of hydrogen-bond donors (Lipinski definition) is 0. The van der Waals surface area contributed by atoms with Gasteiger partial charge in [-0.25, -0.2) is 4.79 Å². The zero-order valence-electron chi connectivity index (χ0n) is 13.6. The third-order valence-corrected chi connectivity index (χ3v) is 4.33. The number of benzene rings is 2. The number of carbonyl (C=O) groups is 2. The van der Waals surface area contributed by atoms with Gasteiger partial charge in [-0.2, -0.15) is 0 Å². The molecular weight excluding hydrogens is 314 g/mol. The fraction of sp³-hybridized carbons (Fsp3) is 0.0476. The molecule has 2 heterocycles. The van der Waals surface area contributed by atoms with Crippen LogP contribution in [-0.2, 0) is 4.74 Å². The molecule has 4 heteroatoms. The van der Waals surface area contributed by atoms with Crippen molar-refractivity contribution in [1.82, 2.24) is 4.40 Å². The molecule has 4 rings (SSSR count). The van der Waals surface area contributed by atoms with Crippen molar-refractivity contribution < 1.29 is 14.3 Å². The van der Waals surface area contributed by atoms with Gasteiger partial charge in [0.15, 0.2) is 0 Å². The molecule has 0 saturated heterocycles. The van der Waals surface area contributed by atoms with E-state index < -0.39 is 5.97 Å². The third-order valence-electron chi connectivity index (χ3n) is 4.33. The van der Waals surface area contributed by atoms with Gasteiger partial charge < -0.3 is 9.14 Å². The highest BCUT2D eigenvalue weighted by Crippen LogP contribution is 2.28. The summed E-state index contributed by atoms with van der Waals surface area (Å²) in [5.41, 5.74) is 2.08. The molecule has 0 N–H and O–H groups in total. The van der Waals surface area contributed by atoms with E-state index >= 15 is 0 Å². The van der Waals surface area contributed by atoms with E-state index in [0.29, 0.717) is 22.3 Å². The number of carbonyl (C=O) groups excluding carboxylic acids is 2. The first-order valence-electron chi connectivity index (χ1n) is 7.91. The SMILES string of the molecule is COC(=O)c1cc(C(=O)c2ccccc2)n2ccc3ccccc3c12. The first-order chi connectivity index (χ1) is 12.2. The highest BCUT2D eigenvalue weighted by molar-refractivity contribution is 6.14. The minimum Gasteiger partial charge on any atom is -0.465 e. The number of aromatic nitrogens is 1. The summed E-state index contributed by atoms with van der Waals surface area (Å²) in [7, 11) is 1.34. The molecule has 122 valence electrons. The van der Waals surface area contributed by atoms with Gasteiger partial charge in [-0.1, -0.05) is 54.6 Å². The van der Waals surface area contributed by atoms with E-state index in [-0.39, 0.29) is 5.78 Å². The molecule has 2 aromatic heterocycles. The summed E-state index contributed by atoms with van der Waals surface area (Å²) in [5, 5.41) is 1.90. The molecule has 2 aromatic carbocycles. The maximum Gasteiger partial charge on any atom is 0.340 e. The van der Waals surface area contributed by atoms with E-state index in [4.69, 9.17) is 4.74 Å². The lowest BCUT2D eigenvalue weighted by atomic mass is 10.1. The van der Waals surface area contributed by atoms with E-state index in [1.165, 1.54) is 7.11 Å². The average Bonchev–Trinajstić information content (AvgIpc) is 3.07. The van der Waals surface area contributed by atoms with Crippen LogP contribution in [0.4, 0.5) is 0 Å². The van der Waals surface area contributed by atoms with Crippen molar-refractivity contribution in [2.24, 2.45) is 0 Å². The summed E-state index contributed by atoms with van der Waals surface area (Å²) in [6, 6.07) is 20.3. The Hall–Kier alpha value is -3.40. The fourth-order valence-corrected chi connectivity index (χ4v) is 3.15. The third kappa shape index (κ3) is 2.39. The number of esters is 1. The van der Waals surface area contributed by atoms with Crippen molar-refractivity contribution >= 4 is 28.0 Å². The van der Waals surface area contributed by atoms with Gasteiger partial charge in [-0.15, -0.1) is 0 Å². The Morgan fingerprint density at radius 1 is 0.920 bits per heavy atom. The van der Waals surface area contributed by atoms with E-state index in [1.54, 1.807) is 22.6 Å². The van der Waals surface area contributed by atoms with Crippen LogP contribution in [0.25, 0.3) is 16.3 Å². The molecule has 0 saturated carbocycles. The maximum absolute atomic E-state index is 12.9. The van der Waals surface area contributed by atoms with Crippen LogP contribution in [0, 0.1) is 0 Å². The molecule has 0 bridgehead atoms. The minimum absolute atomic E-state index is 0.138. The lowest BCUT2D eigenvalue weighted by molar-refractivity contribution is 0.0603. The highest BCUT2D eigenvalue weighted by Gasteiger charge is 2.22. The molecule has 0 fully saturated rings. The van der Waals surface area contributed by atoms with Gasteiger partial charge in [-0.3, -0.25) is 4.79 Å². The molecule has 0 aliphatic carbocycles. The minimum atomic E-state index is -0.457. The zero-order valence-corrected chi connectivity index (χ0v) is 13.6. The molecule has 0 atom stereocenters. The quantitative estimate of drug-likeness (QED) is 0.420. The predicted octanol–water partition coefficient (Wildman–Crippen LogP) is 4.11. The van der Waals surface area contributed by atoms with E-state index in [0.717, 1.165) is 10.8 Å². The molecule has 4 nitrogen and oxygen atoms in total. The van der Waals surface area contributed by atoms with Crippen LogP contribution in [0.15, 0.2) is 72.9 Å². The number of ether oxygens (including phenoxy) is 1. The van der Waals surface area contributed by atoms with E-state index in [9.17, 15) is 9.59 Å². The normalized spacial score (nSPS) is 10.9. The summed E-state index contributed by atoms with van der Waals surface area (Å²) in [4.78, 5) is 25.2. The lowest BCUT2D eigenvalue weighted by Crippen LogP contribution is -2.04. The topological polar surface area (TPSA) is 47.8 Å². The van der Waals surface area contributed by atoms with Crippen molar-refractivity contribution in [3.63, 3.8) is 0 Å². The van der Waals surface area contributed by atoms with Crippen LogP contribution in [0.1, 0.15) is 26.4 Å². The van der Waals surface area contributed by atoms with Gasteiger partial charge in [0.1, 0.15) is 0 Å². The lowest BCUT2D eigenvalue weighted by Gasteiger charge is -2.06. The Balaban J connectivity index is 2.05. The molecule has 4 aromatic rings. The number of hydrogen-bond acceptors (Lipinski definition) is 3. The summed E-state index contributed by atoms with van der Waals surface area (Å²) < 4.78 is 6.70. The molecule has 25 heavy (non-hydrogen) atoms. The number of ketones is 1. The van der Waals surface area contributed by atoms with Crippen molar-refractivity contribution in [2.45, 2.75) is 0 Å². The van der Waals surface area contributed by atoms with Crippen molar-refractivity contribution in [2.75, 3.05) is 7.11 Å². The second-order valence-electron chi connectivity index (χ2n) is 5.75. The van der Waals surface area contributed by atoms with Crippen LogP contribution >= 0.6 is 0 Å². The molecule has 0 radical (unpaired) electrons. The van der Waals surface area contributed by atoms with E-state index in [2.05, 4.69) is 0 Å². The predicted molar refractivity (Wildman–Crippen MR) is 96.1 cm³/mol. The van der Waals surface area contributed by atoms with Crippen LogP contribution in [0.2, 0.25) is 0 Å². The average molecular weight is 329 g/mol. The second-order valence-corrected chi connectivity index (χ2v) is 5.75. The van der Waals surface area contributed by atoms with Crippen LogP contribution in [0.5, 0.6) is 0 Å². The van der Waals surface area contributed by atoms with E-state index in [1.807, 2.05) is 54.7 Å². The van der Waals surface area contributed by atoms with Crippen LogP contribution in [-0.4, -0.2) is 23.3 Å². The monoisotopic (exact) mass is 329 g/mol. The molecule has 0 aliphatic rings. The summed E-state index contributed by atoms with van der Waals surface area (Å²) >= 11 is 0. The van der Waals surface area contributed by atoms with Gasteiger partial charge in [-0.05, 0) is 17.5 Å². The number of methoxy groups -OCH3 is 1. The standard InChI is InChI=1S/C21H15NO3/c1-25-21(24)17-13-18(20(23)15-8-3-2-4-9-15)22-12-11-14-7-5-6-10-16(14)19(17)22/h2-13H,1H3. The molecular formula is C21H15NO3. The fourth-order valence-electron chi connectivity index (χ4n) is 3.15. The molecule has 0 amide bonds. The zero-order chi connectivity index (χ0) is 17.4. The Morgan fingerprint density at radius 3 is 2.40 bits per heavy atom. The number of pyridine rings is 1. The second kappa shape index (κ2) is 5.91. The highest BCUT2D eigenvalue weighted by atomic mass is 16.5. The first kappa shape index (κ1) is 15.1. The van der Waals surface area contributed by atoms with Gasteiger partial charge in [0, 0.05) is 17.1 Å². The van der Waals surface area contributed by atoms with Crippen LogP contribution < -0.4 is 0 Å². The van der Waals surface area contributed by atoms with Gasteiger partial charge >= 0.3 is 5.97 Å². The van der Waals surface area contributed by atoms with Crippen molar-refractivity contribution in [1.29, 1.82) is 0 Å². The summed E-state index contributed by atoms with van der Waals surface area (Å²) in [6.07, 6.45) is 1.82. The van der Waals surface area contributed by atoms with Crippen LogP contribution in [0.3, 0.4) is 0 Å². The van der Waals surface area contributed by atoms with Gasteiger partial charge in [0.25, 0.3) is 0 Å². The number of nitrogens with zero attached hydrogens (tertiary/aromatic N) is 1. The van der Waals surface area contributed by atoms with Gasteiger partial charge in [0.05, 0.1) is 23.9 Å². The molecule has 0 spiro atoms. The molecule has 0 aliphatic heterocycles. The number of fused-ring (bicyclic) bond motifs is 3.